The fourth-order valence-electron chi connectivity index (χ4n) is 4.52. The van der Waals surface area contributed by atoms with Crippen molar-refractivity contribution in [3.05, 3.63) is 60.7 Å². The maximum Gasteiger partial charge on any atom is 0.261 e. The quantitative estimate of drug-likeness (QED) is 0.728. The van der Waals surface area contributed by atoms with Crippen LogP contribution in [0, 0.1) is 5.92 Å². The Bertz CT molecular complexity index is 667. The molecule has 28 heavy (non-hydrogen) atoms. The van der Waals surface area contributed by atoms with Crippen LogP contribution in [-0.4, -0.2) is 51.2 Å². The molecule has 3 rings (SSSR count). The van der Waals surface area contributed by atoms with Crippen LogP contribution in [0.4, 0.5) is 0 Å². The van der Waals surface area contributed by atoms with Crippen molar-refractivity contribution in [2.75, 3.05) is 32.8 Å². The van der Waals surface area contributed by atoms with E-state index >= 15 is 0 Å². The van der Waals surface area contributed by atoms with Crippen molar-refractivity contribution < 1.29 is 9.53 Å². The van der Waals surface area contributed by atoms with Gasteiger partial charge in [0.2, 0.25) is 0 Å². The first-order chi connectivity index (χ1) is 13.5. The van der Waals surface area contributed by atoms with Gasteiger partial charge in [-0.2, -0.15) is 0 Å². The molecule has 1 heterocycles. The van der Waals surface area contributed by atoms with Crippen LogP contribution in [0.1, 0.15) is 33.6 Å². The van der Waals surface area contributed by atoms with Gasteiger partial charge in [-0.15, -0.1) is 0 Å². The summed E-state index contributed by atoms with van der Waals surface area (Å²) < 4.78 is 7.07. The molecule has 1 N–H and O–H groups in total. The van der Waals surface area contributed by atoms with Crippen LogP contribution in [0.2, 0.25) is 5.04 Å². The Morgan fingerprint density at radius 3 is 1.86 bits per heavy atom. The average molecular weight is 398 g/mol. The maximum atomic E-state index is 9.18. The molecule has 3 nitrogen and oxygen atoms in total. The molecule has 4 heteroatoms. The zero-order valence-electron chi connectivity index (χ0n) is 17.6. The topological polar surface area (TPSA) is 32.7 Å². The van der Waals surface area contributed by atoms with E-state index in [4.69, 9.17) is 4.43 Å². The van der Waals surface area contributed by atoms with Crippen molar-refractivity contribution in [3.8, 4) is 0 Å². The second-order valence-corrected chi connectivity index (χ2v) is 13.3. The first-order valence-corrected chi connectivity index (χ1v) is 12.5. The first kappa shape index (κ1) is 21.3. The largest absolute Gasteiger partial charge is 0.407 e. The predicted molar refractivity (Wildman–Crippen MR) is 120 cm³/mol. The molecule has 2 aromatic carbocycles. The number of rotatable bonds is 7. The number of aliphatic hydroxyl groups excluding tert-OH is 1. The minimum Gasteiger partial charge on any atom is -0.407 e. The lowest BCUT2D eigenvalue weighted by atomic mass is 9.98. The lowest BCUT2D eigenvalue weighted by molar-refractivity contribution is 0.119. The Hall–Kier alpha value is -1.46. The monoisotopic (exact) mass is 397 g/mol. The molecule has 0 saturated carbocycles. The highest BCUT2D eigenvalue weighted by Gasteiger charge is 2.50. The Kier molecular flexibility index (Phi) is 7.10. The molecule has 0 aliphatic carbocycles. The van der Waals surface area contributed by atoms with E-state index in [1.165, 1.54) is 10.4 Å². The minimum atomic E-state index is -2.42. The van der Waals surface area contributed by atoms with Gasteiger partial charge in [0.25, 0.3) is 8.32 Å². The Morgan fingerprint density at radius 1 is 0.929 bits per heavy atom. The molecular formula is C24H35NO2Si. The number of hydrogen-bond donors (Lipinski definition) is 1. The smallest absolute Gasteiger partial charge is 0.261 e. The van der Waals surface area contributed by atoms with Gasteiger partial charge in [-0.25, -0.2) is 0 Å². The van der Waals surface area contributed by atoms with Gasteiger partial charge >= 0.3 is 0 Å². The van der Waals surface area contributed by atoms with Crippen molar-refractivity contribution in [2.24, 2.45) is 5.92 Å². The Labute approximate surface area is 171 Å². The number of nitrogens with zero attached hydrogens (tertiary/aromatic N) is 1. The average Bonchev–Trinajstić information content (AvgIpc) is 2.70. The summed E-state index contributed by atoms with van der Waals surface area (Å²) in [6.07, 6.45) is 2.30. The number of piperidine rings is 1. The van der Waals surface area contributed by atoms with Gasteiger partial charge in [0, 0.05) is 13.2 Å². The van der Waals surface area contributed by atoms with Crippen molar-refractivity contribution in [3.63, 3.8) is 0 Å². The second kappa shape index (κ2) is 9.36. The van der Waals surface area contributed by atoms with Gasteiger partial charge in [-0.3, -0.25) is 0 Å². The molecule has 0 radical (unpaired) electrons. The van der Waals surface area contributed by atoms with E-state index < -0.39 is 8.32 Å². The third-order valence-corrected chi connectivity index (χ3v) is 11.1. The van der Waals surface area contributed by atoms with E-state index in [1.807, 2.05) is 0 Å². The zero-order valence-corrected chi connectivity index (χ0v) is 18.6. The van der Waals surface area contributed by atoms with Crippen LogP contribution in [0.3, 0.4) is 0 Å². The molecular weight excluding hydrogens is 362 g/mol. The van der Waals surface area contributed by atoms with Gasteiger partial charge < -0.3 is 14.4 Å². The third-order valence-electron chi connectivity index (χ3n) is 6.08. The molecule has 1 saturated heterocycles. The number of likely N-dealkylation sites (tertiary alicyclic amines) is 1. The summed E-state index contributed by atoms with van der Waals surface area (Å²) in [6.45, 7) is 11.0. The fraction of sp³-hybridized carbons (Fsp3) is 0.500. The fourth-order valence-corrected chi connectivity index (χ4v) is 9.16. The van der Waals surface area contributed by atoms with E-state index in [-0.39, 0.29) is 11.6 Å². The molecule has 152 valence electrons. The van der Waals surface area contributed by atoms with Gasteiger partial charge in [0.05, 0.1) is 6.61 Å². The van der Waals surface area contributed by atoms with E-state index in [9.17, 15) is 5.11 Å². The predicted octanol–water partition coefficient (Wildman–Crippen LogP) is 3.27. The Morgan fingerprint density at radius 2 is 1.43 bits per heavy atom. The summed E-state index contributed by atoms with van der Waals surface area (Å²) in [5.41, 5.74) is 0. The van der Waals surface area contributed by atoms with E-state index in [2.05, 4.69) is 86.3 Å². The summed E-state index contributed by atoms with van der Waals surface area (Å²) in [5.74, 6) is 0.594. The summed E-state index contributed by atoms with van der Waals surface area (Å²) in [4.78, 5) is 2.36. The molecule has 0 aromatic heterocycles. The van der Waals surface area contributed by atoms with Crippen LogP contribution in [0.25, 0.3) is 0 Å². The van der Waals surface area contributed by atoms with Gasteiger partial charge in [-0.1, -0.05) is 81.4 Å². The normalized spacial score (nSPS) is 17.0. The van der Waals surface area contributed by atoms with Crippen molar-refractivity contribution in [1.82, 2.24) is 4.90 Å². The first-order valence-electron chi connectivity index (χ1n) is 10.6. The highest BCUT2D eigenvalue weighted by Crippen LogP contribution is 2.37. The molecule has 0 atom stereocenters. The van der Waals surface area contributed by atoms with Crippen molar-refractivity contribution in [2.45, 2.75) is 38.7 Å². The number of benzene rings is 2. The molecule has 2 aromatic rings. The van der Waals surface area contributed by atoms with Crippen molar-refractivity contribution in [1.29, 1.82) is 0 Å². The highest BCUT2D eigenvalue weighted by molar-refractivity contribution is 6.99. The van der Waals surface area contributed by atoms with Gasteiger partial charge in [0.1, 0.15) is 0 Å². The van der Waals surface area contributed by atoms with Crippen LogP contribution in [0.15, 0.2) is 60.7 Å². The lowest BCUT2D eigenvalue weighted by Gasteiger charge is -2.44. The SMILES string of the molecule is CC(C)(C)[Si](OCC1CCN(CCO)CC1)(c1ccccc1)c1ccccc1. The van der Waals surface area contributed by atoms with Gasteiger partial charge in [0.15, 0.2) is 0 Å². The Balaban J connectivity index is 1.87. The number of aliphatic hydroxyl groups is 1. The summed E-state index contributed by atoms with van der Waals surface area (Å²) in [5, 5.41) is 11.9. The van der Waals surface area contributed by atoms with Crippen LogP contribution in [0.5, 0.6) is 0 Å². The maximum absolute atomic E-state index is 9.18. The number of hydrogen-bond acceptors (Lipinski definition) is 3. The lowest BCUT2D eigenvalue weighted by Crippen LogP contribution is -2.67. The summed E-state index contributed by atoms with van der Waals surface area (Å²) in [6, 6.07) is 21.8. The van der Waals surface area contributed by atoms with E-state index in [1.54, 1.807) is 0 Å². The molecule has 0 bridgehead atoms. The second-order valence-electron chi connectivity index (χ2n) is 8.98. The van der Waals surface area contributed by atoms with Crippen LogP contribution < -0.4 is 10.4 Å². The van der Waals surface area contributed by atoms with Crippen molar-refractivity contribution >= 4 is 18.7 Å². The number of β-amino-alcohol motifs (C(OH)–C–C–N with tert-alkyl or cyclic N) is 1. The molecule has 0 unspecified atom stereocenters. The molecule has 0 spiro atoms. The molecule has 0 amide bonds. The third kappa shape index (κ3) is 4.57. The van der Waals surface area contributed by atoms with Crippen LogP contribution in [-0.2, 0) is 4.43 Å². The molecule has 1 aliphatic rings. The minimum absolute atomic E-state index is 0.0350. The standard InChI is InChI=1S/C24H35NO2Si/c1-24(2,3)28(22-10-6-4-7-11-22,23-12-8-5-9-13-23)27-20-21-14-16-25(17-15-21)18-19-26/h4-13,21,26H,14-20H2,1-3H3. The van der Waals surface area contributed by atoms with Crippen LogP contribution >= 0.6 is 0 Å². The summed E-state index contributed by atoms with van der Waals surface area (Å²) in [7, 11) is -2.42. The molecule has 1 aliphatic heterocycles. The van der Waals surface area contributed by atoms with Gasteiger partial charge in [-0.05, 0) is 47.3 Å². The zero-order chi connectivity index (χ0) is 20.0. The molecule has 1 fully saturated rings. The van der Waals surface area contributed by atoms with E-state index in [0.717, 1.165) is 39.1 Å². The van der Waals surface area contributed by atoms with E-state index in [0.29, 0.717) is 5.92 Å². The summed E-state index contributed by atoms with van der Waals surface area (Å²) >= 11 is 0. The highest BCUT2D eigenvalue weighted by atomic mass is 28.4.